The van der Waals surface area contributed by atoms with Gasteiger partial charge in [0.05, 0.1) is 0 Å². The van der Waals surface area contributed by atoms with Gasteiger partial charge in [-0.2, -0.15) is 0 Å². The summed E-state index contributed by atoms with van der Waals surface area (Å²) < 4.78 is 0. The highest BCUT2D eigenvalue weighted by molar-refractivity contribution is 7.54. The molecule has 0 atom stereocenters. The molecule has 4 nitrogen and oxygen atoms in total. The molecular formula is C21H30O4P2. The van der Waals surface area contributed by atoms with Gasteiger partial charge in [0.1, 0.15) is 0 Å². The van der Waals surface area contributed by atoms with E-state index in [0.29, 0.717) is 10.6 Å². The molecule has 0 aliphatic heterocycles. The van der Waals surface area contributed by atoms with E-state index in [0.717, 1.165) is 43.2 Å². The molecule has 0 spiro atoms. The summed E-state index contributed by atoms with van der Waals surface area (Å²) in [6.07, 6.45) is 3.98. The molecule has 0 heterocycles. The largest absolute Gasteiger partial charge is 0.347 e. The van der Waals surface area contributed by atoms with Crippen molar-refractivity contribution in [2.75, 3.05) is 0 Å². The first-order valence-corrected chi connectivity index (χ1v) is 12.0. The van der Waals surface area contributed by atoms with E-state index in [4.69, 9.17) is 0 Å². The normalized spacial score (nSPS) is 11.6. The van der Waals surface area contributed by atoms with Gasteiger partial charge in [-0.15, -0.1) is 0 Å². The first kappa shape index (κ1) is 22.4. The van der Waals surface area contributed by atoms with Crippen molar-refractivity contribution in [3.63, 3.8) is 0 Å². The second-order valence-corrected chi connectivity index (χ2v) is 8.69. The minimum absolute atomic E-state index is 0.652. The fourth-order valence-corrected chi connectivity index (χ4v) is 5.52. The Labute approximate surface area is 164 Å². The Morgan fingerprint density at radius 2 is 0.889 bits per heavy atom. The summed E-state index contributed by atoms with van der Waals surface area (Å²) in [6, 6.07) is 7.72. The van der Waals surface area contributed by atoms with Crippen LogP contribution in [-0.4, -0.2) is 19.6 Å². The average Bonchev–Trinajstić information content (AvgIpc) is 2.66. The van der Waals surface area contributed by atoms with Crippen molar-refractivity contribution in [1.29, 1.82) is 0 Å². The maximum absolute atomic E-state index is 9.74. The molecule has 0 amide bonds. The minimum atomic E-state index is -2.10. The molecule has 0 aromatic heterocycles. The molecule has 0 aliphatic carbocycles. The minimum Gasteiger partial charge on any atom is -0.347 e. The monoisotopic (exact) mass is 408 g/mol. The van der Waals surface area contributed by atoms with E-state index < -0.39 is 16.8 Å². The first-order valence-electron chi connectivity index (χ1n) is 9.52. The van der Waals surface area contributed by atoms with Gasteiger partial charge < -0.3 is 19.6 Å². The van der Waals surface area contributed by atoms with Gasteiger partial charge in [-0.05, 0) is 77.6 Å². The van der Waals surface area contributed by atoms with Gasteiger partial charge in [-0.1, -0.05) is 39.8 Å². The van der Waals surface area contributed by atoms with E-state index >= 15 is 0 Å². The molecule has 0 fully saturated rings. The van der Waals surface area contributed by atoms with Crippen molar-refractivity contribution in [2.24, 2.45) is 0 Å². The van der Waals surface area contributed by atoms with Gasteiger partial charge in [0, 0.05) is 10.6 Å². The zero-order valence-electron chi connectivity index (χ0n) is 16.5. The molecule has 148 valence electrons. The molecule has 27 heavy (non-hydrogen) atoms. The van der Waals surface area contributed by atoms with Crippen LogP contribution in [-0.2, 0) is 32.1 Å². The van der Waals surface area contributed by atoms with Crippen molar-refractivity contribution in [3.05, 3.63) is 57.6 Å². The highest BCUT2D eigenvalue weighted by atomic mass is 31.2. The summed E-state index contributed by atoms with van der Waals surface area (Å²) in [5, 5.41) is 1.30. The molecule has 0 saturated carbocycles. The van der Waals surface area contributed by atoms with E-state index in [1.54, 1.807) is 0 Å². The average molecular weight is 408 g/mol. The molecule has 2 aromatic rings. The number of rotatable bonds is 8. The van der Waals surface area contributed by atoms with Gasteiger partial charge in [0.25, 0.3) is 0 Å². The molecular weight excluding hydrogens is 378 g/mol. The summed E-state index contributed by atoms with van der Waals surface area (Å²) in [4.78, 5) is 39.0. The number of benzene rings is 2. The van der Waals surface area contributed by atoms with Crippen LogP contribution in [0.15, 0.2) is 24.3 Å². The van der Waals surface area contributed by atoms with Crippen LogP contribution in [0.25, 0.3) is 0 Å². The Bertz CT molecular complexity index is 723. The maximum atomic E-state index is 9.74. The summed E-state index contributed by atoms with van der Waals surface area (Å²) in [7, 11) is -4.20. The summed E-state index contributed by atoms with van der Waals surface area (Å²) in [5.74, 6) is 0. The Kier molecular flexibility index (Phi) is 8.37. The van der Waals surface area contributed by atoms with Gasteiger partial charge in [-0.25, -0.2) is 0 Å². The van der Waals surface area contributed by atoms with E-state index in [1.165, 1.54) is 22.3 Å². The lowest BCUT2D eigenvalue weighted by molar-refractivity contribution is 0.495. The van der Waals surface area contributed by atoms with Crippen molar-refractivity contribution in [3.8, 4) is 0 Å². The molecule has 2 aromatic carbocycles. The first-order chi connectivity index (χ1) is 12.9. The lowest BCUT2D eigenvalue weighted by Crippen LogP contribution is -2.16. The van der Waals surface area contributed by atoms with E-state index in [2.05, 4.69) is 13.8 Å². The van der Waals surface area contributed by atoms with Crippen LogP contribution in [0.5, 0.6) is 0 Å². The van der Waals surface area contributed by atoms with Crippen molar-refractivity contribution < 1.29 is 19.6 Å². The number of hydrogen-bond donors (Lipinski definition) is 4. The molecule has 0 aliphatic rings. The highest BCUT2D eigenvalue weighted by Gasteiger charge is 2.19. The van der Waals surface area contributed by atoms with Crippen LogP contribution >= 0.6 is 16.8 Å². The fraction of sp³-hybridized carbons (Fsp3) is 0.429. The number of hydrogen-bond acceptors (Lipinski definition) is 4. The Hall–Kier alpha value is -0.860. The van der Waals surface area contributed by atoms with Crippen LogP contribution in [0.2, 0.25) is 0 Å². The Morgan fingerprint density at radius 1 is 0.556 bits per heavy atom. The van der Waals surface area contributed by atoms with Gasteiger partial charge in [-0.3, -0.25) is 0 Å². The Morgan fingerprint density at radius 3 is 1.15 bits per heavy atom. The smallest absolute Gasteiger partial charge is 0.199 e. The summed E-state index contributed by atoms with van der Waals surface area (Å²) in [6.45, 7) is 8.30. The lowest BCUT2D eigenvalue weighted by atomic mass is 9.89. The van der Waals surface area contributed by atoms with Crippen LogP contribution in [0.3, 0.4) is 0 Å². The molecule has 0 saturated heterocycles. The zero-order valence-corrected chi connectivity index (χ0v) is 18.3. The van der Waals surface area contributed by atoms with E-state index in [9.17, 15) is 19.6 Å². The third-order valence-corrected chi connectivity index (χ3v) is 6.93. The molecule has 6 heteroatoms. The molecule has 0 radical (unpaired) electrons. The maximum Gasteiger partial charge on any atom is 0.199 e. The van der Waals surface area contributed by atoms with Crippen LogP contribution in [0.4, 0.5) is 0 Å². The van der Waals surface area contributed by atoms with Gasteiger partial charge in [0.2, 0.25) is 0 Å². The van der Waals surface area contributed by atoms with Crippen molar-refractivity contribution in [2.45, 2.75) is 59.8 Å². The van der Waals surface area contributed by atoms with Gasteiger partial charge in [0.15, 0.2) is 16.8 Å². The third-order valence-electron chi connectivity index (χ3n) is 5.23. The quantitative estimate of drug-likeness (QED) is 0.505. The summed E-state index contributed by atoms with van der Waals surface area (Å²) in [5.41, 5.74) is 6.89. The van der Waals surface area contributed by atoms with Crippen LogP contribution in [0, 0.1) is 0 Å². The molecule has 4 N–H and O–H groups in total. The summed E-state index contributed by atoms with van der Waals surface area (Å²) >= 11 is 0. The van der Waals surface area contributed by atoms with Gasteiger partial charge >= 0.3 is 0 Å². The molecule has 0 unspecified atom stereocenters. The zero-order chi connectivity index (χ0) is 20.1. The molecule has 0 bridgehead atoms. The Balaban J connectivity index is 2.57. The third kappa shape index (κ3) is 4.77. The lowest BCUT2D eigenvalue weighted by Gasteiger charge is -2.21. The van der Waals surface area contributed by atoms with Crippen molar-refractivity contribution in [1.82, 2.24) is 0 Å². The second kappa shape index (κ2) is 10.1. The fourth-order valence-electron chi connectivity index (χ4n) is 4.04. The molecule has 2 rings (SSSR count). The van der Waals surface area contributed by atoms with Crippen molar-refractivity contribution >= 4 is 27.4 Å². The predicted molar refractivity (Wildman–Crippen MR) is 115 cm³/mol. The standard InChI is InChI=1S/C21H30O4P2/c1-5-16-14(9-11-20(26(22)23)18(16)7-3)13-15-10-12-21(27(24)25)19(8-4)17(15)6-2/h9-12,22-25H,5-8,13H2,1-4H3. The van der Waals surface area contributed by atoms with Crippen LogP contribution < -0.4 is 10.6 Å². The topological polar surface area (TPSA) is 80.9 Å². The second-order valence-electron chi connectivity index (χ2n) is 6.57. The SMILES string of the molecule is CCc1c(Cc2ccc(P(O)O)c(CC)c2CC)ccc(P(O)O)c1CC. The van der Waals surface area contributed by atoms with E-state index in [1.807, 2.05) is 38.1 Å². The van der Waals surface area contributed by atoms with E-state index in [-0.39, 0.29) is 0 Å². The predicted octanol–water partition coefficient (Wildman–Crippen LogP) is 3.37. The van der Waals surface area contributed by atoms with Crippen LogP contribution in [0.1, 0.15) is 61.1 Å². The highest BCUT2D eigenvalue weighted by Crippen LogP contribution is 2.32.